The van der Waals surface area contributed by atoms with Gasteiger partial charge in [-0.2, -0.15) is 0 Å². The Kier molecular flexibility index (Phi) is 5.67. The smallest absolute Gasteiger partial charge is 0.261 e. The third-order valence-corrected chi connectivity index (χ3v) is 9.25. The topological polar surface area (TPSA) is 105 Å². The minimum absolute atomic E-state index is 0.119. The molecule has 8 nitrogen and oxygen atoms in total. The van der Waals surface area contributed by atoms with Gasteiger partial charge in [-0.25, -0.2) is 13.4 Å². The van der Waals surface area contributed by atoms with Crippen LogP contribution in [0.15, 0.2) is 52.1 Å². The van der Waals surface area contributed by atoms with Gasteiger partial charge in [0.2, 0.25) is 0 Å². The minimum Gasteiger partial charge on any atom is -0.354 e. The van der Waals surface area contributed by atoms with Crippen LogP contribution in [-0.2, 0) is 9.84 Å². The number of hydrogen-bond acceptors (Lipinski definition) is 9. The molecule has 0 spiro atoms. The van der Waals surface area contributed by atoms with Crippen molar-refractivity contribution in [2.75, 3.05) is 32.1 Å². The fraction of sp³-hybridized carbons (Fsp3) is 0.263. The van der Waals surface area contributed by atoms with Crippen LogP contribution in [0.1, 0.15) is 9.67 Å². The number of carbonyl (C=O) groups excluding carboxylic acids is 1. The Bertz CT molecular complexity index is 1220. The maximum absolute atomic E-state index is 12.8. The molecule has 1 N–H and O–H groups in total. The zero-order valence-electron chi connectivity index (χ0n) is 16.3. The van der Waals surface area contributed by atoms with Crippen molar-refractivity contribution in [1.29, 1.82) is 0 Å². The van der Waals surface area contributed by atoms with E-state index >= 15 is 0 Å². The number of anilines is 1. The van der Waals surface area contributed by atoms with Crippen molar-refractivity contribution in [3.63, 3.8) is 0 Å². The van der Waals surface area contributed by atoms with Gasteiger partial charge in [-0.15, -0.1) is 11.3 Å². The maximum atomic E-state index is 12.8. The van der Waals surface area contributed by atoms with Gasteiger partial charge < -0.3 is 10.2 Å². The first kappa shape index (κ1) is 20.6. The first-order valence-corrected chi connectivity index (χ1v) is 12.2. The number of rotatable bonds is 6. The normalized spacial score (nSPS) is 16.5. The number of fused-ring (bicyclic) bond motifs is 1. The highest BCUT2D eigenvalue weighted by atomic mass is 32.2. The van der Waals surface area contributed by atoms with E-state index in [-0.39, 0.29) is 23.2 Å². The minimum atomic E-state index is -3.54. The molecule has 4 rings (SSSR count). The monoisotopic (exact) mass is 461 g/mol. The number of thiophene rings is 1. The Balaban J connectivity index is 1.37. The van der Waals surface area contributed by atoms with Crippen LogP contribution in [0.4, 0.5) is 5.13 Å². The van der Waals surface area contributed by atoms with Crippen molar-refractivity contribution in [3.8, 4) is 0 Å². The largest absolute Gasteiger partial charge is 0.354 e. The highest BCUT2D eigenvalue weighted by molar-refractivity contribution is 7.94. The van der Waals surface area contributed by atoms with Crippen molar-refractivity contribution < 1.29 is 13.2 Å². The summed E-state index contributed by atoms with van der Waals surface area (Å²) in [7, 11) is 0.0882. The summed E-state index contributed by atoms with van der Waals surface area (Å²) in [5.74, 6) is -0.192. The number of thiazole rings is 1. The third-order valence-electron chi connectivity index (χ3n) is 4.49. The lowest BCUT2D eigenvalue weighted by Gasteiger charge is -2.15. The molecular weight excluding hydrogens is 442 g/mol. The van der Waals surface area contributed by atoms with Gasteiger partial charge in [0.1, 0.15) is 9.46 Å². The number of hydrogen-bond donors (Lipinski definition) is 1. The average Bonchev–Trinajstić information content (AvgIpc) is 3.40. The van der Waals surface area contributed by atoms with E-state index in [1.165, 1.54) is 17.5 Å². The molecule has 0 saturated carbocycles. The van der Waals surface area contributed by atoms with E-state index in [9.17, 15) is 13.2 Å². The second-order valence-electron chi connectivity index (χ2n) is 6.84. The van der Waals surface area contributed by atoms with Gasteiger partial charge in [-0.1, -0.05) is 17.4 Å². The molecule has 1 amide bonds. The van der Waals surface area contributed by atoms with Crippen LogP contribution in [-0.4, -0.2) is 62.4 Å². The molecule has 3 aromatic heterocycles. The van der Waals surface area contributed by atoms with Gasteiger partial charge in [-0.3, -0.25) is 14.8 Å². The fourth-order valence-electron chi connectivity index (χ4n) is 2.85. The number of pyridine rings is 1. The number of dihydropyridines is 1. The van der Waals surface area contributed by atoms with Crippen LogP contribution in [0.2, 0.25) is 0 Å². The second kappa shape index (κ2) is 8.25. The van der Waals surface area contributed by atoms with Crippen LogP contribution in [0.25, 0.3) is 10.1 Å². The number of aliphatic imine (C=N–C) groups is 1. The number of carbonyl (C=O) groups is 1. The molecular formula is C19H19N5O3S3. The van der Waals surface area contributed by atoms with E-state index < -0.39 is 15.1 Å². The number of nitrogens with one attached hydrogen (secondary N) is 1. The van der Waals surface area contributed by atoms with Crippen LogP contribution in [0.3, 0.4) is 0 Å². The molecule has 0 fully saturated rings. The fourth-order valence-corrected chi connectivity index (χ4v) is 6.48. The molecule has 0 radical (unpaired) electrons. The molecule has 30 heavy (non-hydrogen) atoms. The molecule has 0 aliphatic carbocycles. The van der Waals surface area contributed by atoms with E-state index in [0.29, 0.717) is 15.7 Å². The van der Waals surface area contributed by atoms with E-state index in [0.717, 1.165) is 21.4 Å². The summed E-state index contributed by atoms with van der Waals surface area (Å²) >= 11 is 2.52. The standard InChI is InChI=1S/C19H19N5O3S3/c1-24(2)19-23-11-17(29-19)30(26,27)14-4-3-13(21-9-14)8-22-18(25)15-7-12-5-6-20-10-16(12)28-15/h3-7,10-11,14H,8-9H2,1-2H3,(H,22,25). The highest BCUT2D eigenvalue weighted by Gasteiger charge is 2.29. The van der Waals surface area contributed by atoms with Gasteiger partial charge in [-0.05, 0) is 23.6 Å². The van der Waals surface area contributed by atoms with Gasteiger partial charge in [0.25, 0.3) is 5.91 Å². The number of aromatic nitrogens is 2. The van der Waals surface area contributed by atoms with Crippen molar-refractivity contribution in [1.82, 2.24) is 15.3 Å². The molecule has 0 aromatic carbocycles. The van der Waals surface area contributed by atoms with Crippen LogP contribution < -0.4 is 10.2 Å². The maximum Gasteiger partial charge on any atom is 0.261 e. The van der Waals surface area contributed by atoms with E-state index in [4.69, 9.17) is 0 Å². The molecule has 4 heterocycles. The number of sulfone groups is 1. The van der Waals surface area contributed by atoms with Gasteiger partial charge in [0, 0.05) is 26.5 Å². The van der Waals surface area contributed by atoms with E-state index in [1.807, 2.05) is 26.2 Å². The molecule has 1 atom stereocenters. The summed E-state index contributed by atoms with van der Waals surface area (Å²) in [4.78, 5) is 27.3. The Labute approximate surface area is 181 Å². The predicted molar refractivity (Wildman–Crippen MR) is 121 cm³/mol. The molecule has 0 bridgehead atoms. The summed E-state index contributed by atoms with van der Waals surface area (Å²) in [6, 6.07) is 3.69. The number of amides is 1. The summed E-state index contributed by atoms with van der Waals surface area (Å²) in [5, 5.41) is 3.71. The molecule has 3 aromatic rings. The van der Waals surface area contributed by atoms with Gasteiger partial charge >= 0.3 is 0 Å². The quantitative estimate of drug-likeness (QED) is 0.604. The first-order valence-electron chi connectivity index (χ1n) is 9.05. The average molecular weight is 462 g/mol. The van der Waals surface area contributed by atoms with Crippen LogP contribution >= 0.6 is 22.7 Å². The third kappa shape index (κ3) is 4.13. The second-order valence-corrected chi connectivity index (χ2v) is 11.3. The zero-order chi connectivity index (χ0) is 21.3. The summed E-state index contributed by atoms with van der Waals surface area (Å²) in [6.45, 7) is 0.355. The van der Waals surface area contributed by atoms with Crippen LogP contribution in [0, 0.1) is 0 Å². The number of nitrogens with zero attached hydrogens (tertiary/aromatic N) is 4. The molecule has 156 valence electrons. The predicted octanol–water partition coefficient (Wildman–Crippen LogP) is 2.40. The van der Waals surface area contributed by atoms with Gasteiger partial charge in [0.05, 0.1) is 34.6 Å². The van der Waals surface area contributed by atoms with Crippen molar-refractivity contribution in [3.05, 3.63) is 47.8 Å². The molecule has 1 aliphatic heterocycles. The van der Waals surface area contributed by atoms with Crippen molar-refractivity contribution in [2.45, 2.75) is 9.46 Å². The molecule has 1 aliphatic rings. The van der Waals surface area contributed by atoms with Crippen LogP contribution in [0.5, 0.6) is 0 Å². The summed E-state index contributed by atoms with van der Waals surface area (Å²) in [6.07, 6.45) is 8.11. The van der Waals surface area contributed by atoms with E-state index in [1.54, 1.807) is 29.4 Å². The van der Waals surface area contributed by atoms with Crippen molar-refractivity contribution in [2.24, 2.45) is 4.99 Å². The molecule has 0 saturated heterocycles. The SMILES string of the molecule is CN(C)c1ncc(S(=O)(=O)C2C=CC(CNC(=O)c3cc4ccncc4s3)=NC2)s1. The summed E-state index contributed by atoms with van der Waals surface area (Å²) < 4.78 is 26.8. The first-order chi connectivity index (χ1) is 14.3. The van der Waals surface area contributed by atoms with E-state index in [2.05, 4.69) is 20.3 Å². The Morgan fingerprint density at radius 2 is 2.13 bits per heavy atom. The zero-order valence-corrected chi connectivity index (χ0v) is 18.7. The van der Waals surface area contributed by atoms with Gasteiger partial charge in [0.15, 0.2) is 15.0 Å². The Hall–Kier alpha value is -2.63. The molecule has 1 unspecified atom stereocenters. The molecule has 11 heteroatoms. The lowest BCUT2D eigenvalue weighted by molar-refractivity contribution is 0.0963. The lowest BCUT2D eigenvalue weighted by Crippen LogP contribution is -2.31. The Morgan fingerprint density at radius 3 is 2.80 bits per heavy atom. The lowest BCUT2D eigenvalue weighted by atomic mass is 10.2. The van der Waals surface area contributed by atoms with Crippen molar-refractivity contribution >= 4 is 59.3 Å². The summed E-state index contributed by atoms with van der Waals surface area (Å²) in [5.41, 5.74) is 0.635. The Morgan fingerprint density at radius 1 is 1.30 bits per heavy atom. The highest BCUT2D eigenvalue weighted by Crippen LogP contribution is 2.29.